The summed E-state index contributed by atoms with van der Waals surface area (Å²) in [5.74, 6) is 0.513. The van der Waals surface area contributed by atoms with Crippen LogP contribution in [-0.4, -0.2) is 14.7 Å². The van der Waals surface area contributed by atoms with Crippen molar-refractivity contribution in [2.45, 2.75) is 13.5 Å². The lowest BCUT2D eigenvalue weighted by molar-refractivity contribution is 0.374. The van der Waals surface area contributed by atoms with Crippen molar-refractivity contribution in [2.24, 2.45) is 0 Å². The molecule has 0 aliphatic rings. The number of halogens is 1. The van der Waals surface area contributed by atoms with Gasteiger partial charge in [-0.1, -0.05) is 11.2 Å². The maximum atomic E-state index is 13.8. The predicted molar refractivity (Wildman–Crippen MR) is 64.4 cm³/mol. The number of imidazole rings is 1. The Kier molecular flexibility index (Phi) is 2.29. The molecule has 3 aromatic rings. The number of nitrogens with zero attached hydrogens (tertiary/aromatic N) is 3. The minimum atomic E-state index is -0.354. The van der Waals surface area contributed by atoms with Crippen molar-refractivity contribution in [1.82, 2.24) is 14.7 Å². The van der Waals surface area contributed by atoms with Crippen LogP contribution < -0.4 is 5.73 Å². The van der Waals surface area contributed by atoms with Crippen LogP contribution in [0.4, 0.5) is 10.3 Å². The maximum absolute atomic E-state index is 13.8. The van der Waals surface area contributed by atoms with E-state index in [9.17, 15) is 4.39 Å². The number of para-hydroxylation sites is 1. The lowest BCUT2D eigenvalue weighted by Crippen LogP contribution is -2.04. The average molecular weight is 246 g/mol. The lowest BCUT2D eigenvalue weighted by Gasteiger charge is -2.03. The zero-order valence-electron chi connectivity index (χ0n) is 9.72. The molecule has 3 rings (SSSR count). The molecule has 0 aliphatic carbocycles. The summed E-state index contributed by atoms with van der Waals surface area (Å²) in [7, 11) is 0. The number of aryl methyl sites for hydroxylation is 1. The van der Waals surface area contributed by atoms with Crippen LogP contribution in [0.1, 0.15) is 11.5 Å². The van der Waals surface area contributed by atoms with Crippen LogP contribution in [0.25, 0.3) is 11.0 Å². The number of benzene rings is 1. The molecule has 0 atom stereocenters. The van der Waals surface area contributed by atoms with Crippen LogP contribution in [0.5, 0.6) is 0 Å². The highest BCUT2D eigenvalue weighted by molar-refractivity contribution is 5.78. The SMILES string of the molecule is Cc1cc(Cn2c(N)nc3cccc(F)c32)on1. The second-order valence-electron chi connectivity index (χ2n) is 4.10. The van der Waals surface area contributed by atoms with Crippen LogP contribution in [0.15, 0.2) is 28.8 Å². The number of fused-ring (bicyclic) bond motifs is 1. The van der Waals surface area contributed by atoms with Crippen molar-refractivity contribution < 1.29 is 8.91 Å². The highest BCUT2D eigenvalue weighted by Crippen LogP contribution is 2.22. The number of hydrogen-bond acceptors (Lipinski definition) is 4. The van der Waals surface area contributed by atoms with E-state index in [4.69, 9.17) is 10.3 Å². The highest BCUT2D eigenvalue weighted by atomic mass is 19.1. The number of rotatable bonds is 2. The summed E-state index contributed by atoms with van der Waals surface area (Å²) in [5.41, 5.74) is 7.48. The Balaban J connectivity index is 2.13. The minimum Gasteiger partial charge on any atom is -0.369 e. The summed E-state index contributed by atoms with van der Waals surface area (Å²) in [6.07, 6.45) is 0. The van der Waals surface area contributed by atoms with Crippen LogP contribution in [0.3, 0.4) is 0 Å². The predicted octanol–water partition coefficient (Wildman–Crippen LogP) is 2.10. The average Bonchev–Trinajstić information content (AvgIpc) is 2.85. The second-order valence-corrected chi connectivity index (χ2v) is 4.10. The van der Waals surface area contributed by atoms with E-state index in [0.29, 0.717) is 23.3 Å². The number of aromatic nitrogens is 3. The van der Waals surface area contributed by atoms with E-state index < -0.39 is 0 Å². The van der Waals surface area contributed by atoms with E-state index in [1.54, 1.807) is 22.8 Å². The van der Waals surface area contributed by atoms with Crippen molar-refractivity contribution >= 4 is 17.0 Å². The van der Waals surface area contributed by atoms with E-state index in [1.807, 2.05) is 6.92 Å². The van der Waals surface area contributed by atoms with Gasteiger partial charge in [0.2, 0.25) is 5.95 Å². The smallest absolute Gasteiger partial charge is 0.201 e. The third kappa shape index (κ3) is 1.62. The topological polar surface area (TPSA) is 69.9 Å². The normalized spacial score (nSPS) is 11.2. The fourth-order valence-corrected chi connectivity index (χ4v) is 1.97. The Labute approximate surface area is 102 Å². The molecule has 0 saturated heterocycles. The summed E-state index contributed by atoms with van der Waals surface area (Å²) in [6.45, 7) is 2.13. The van der Waals surface area contributed by atoms with E-state index >= 15 is 0 Å². The fraction of sp³-hybridized carbons (Fsp3) is 0.167. The molecule has 2 aromatic heterocycles. The molecule has 0 radical (unpaired) electrons. The molecule has 0 aliphatic heterocycles. The minimum absolute atomic E-state index is 0.254. The summed E-state index contributed by atoms with van der Waals surface area (Å²) >= 11 is 0. The van der Waals surface area contributed by atoms with Gasteiger partial charge in [0, 0.05) is 6.07 Å². The highest BCUT2D eigenvalue weighted by Gasteiger charge is 2.14. The van der Waals surface area contributed by atoms with Crippen molar-refractivity contribution in [3.8, 4) is 0 Å². The Morgan fingerprint density at radius 3 is 3.00 bits per heavy atom. The zero-order valence-corrected chi connectivity index (χ0v) is 9.72. The molecule has 18 heavy (non-hydrogen) atoms. The summed E-state index contributed by atoms with van der Waals surface area (Å²) in [4.78, 5) is 4.12. The van der Waals surface area contributed by atoms with E-state index in [0.717, 1.165) is 5.69 Å². The van der Waals surface area contributed by atoms with E-state index in [-0.39, 0.29) is 11.8 Å². The van der Waals surface area contributed by atoms with Gasteiger partial charge in [0.25, 0.3) is 0 Å². The molecule has 92 valence electrons. The number of nitrogen functional groups attached to an aromatic ring is 1. The molecular weight excluding hydrogens is 235 g/mol. The molecule has 0 unspecified atom stereocenters. The summed E-state index contributed by atoms with van der Waals surface area (Å²) in [5, 5.41) is 3.79. The largest absolute Gasteiger partial charge is 0.369 e. The first-order chi connectivity index (χ1) is 8.65. The maximum Gasteiger partial charge on any atom is 0.201 e. The van der Waals surface area contributed by atoms with Gasteiger partial charge in [-0.05, 0) is 19.1 Å². The first-order valence-electron chi connectivity index (χ1n) is 5.47. The van der Waals surface area contributed by atoms with Gasteiger partial charge in [0.15, 0.2) is 5.76 Å². The monoisotopic (exact) mass is 246 g/mol. The van der Waals surface area contributed by atoms with E-state index in [2.05, 4.69) is 10.1 Å². The number of hydrogen-bond donors (Lipinski definition) is 1. The Morgan fingerprint density at radius 2 is 2.28 bits per heavy atom. The van der Waals surface area contributed by atoms with Crippen LogP contribution in [0, 0.1) is 12.7 Å². The molecule has 0 spiro atoms. The summed E-state index contributed by atoms with van der Waals surface area (Å²) < 4.78 is 20.5. The van der Waals surface area contributed by atoms with Gasteiger partial charge in [0.1, 0.15) is 11.3 Å². The lowest BCUT2D eigenvalue weighted by atomic mass is 10.3. The van der Waals surface area contributed by atoms with Gasteiger partial charge in [-0.15, -0.1) is 0 Å². The van der Waals surface area contributed by atoms with Gasteiger partial charge in [-0.3, -0.25) is 0 Å². The van der Waals surface area contributed by atoms with Crippen LogP contribution in [0.2, 0.25) is 0 Å². The van der Waals surface area contributed by atoms with Crippen LogP contribution in [-0.2, 0) is 6.54 Å². The van der Waals surface area contributed by atoms with Crippen molar-refractivity contribution in [2.75, 3.05) is 5.73 Å². The van der Waals surface area contributed by atoms with Crippen LogP contribution >= 0.6 is 0 Å². The molecule has 2 heterocycles. The molecule has 0 amide bonds. The molecular formula is C12H11FN4O. The molecule has 2 N–H and O–H groups in total. The number of nitrogens with two attached hydrogens (primary N) is 1. The van der Waals surface area contributed by atoms with Crippen molar-refractivity contribution in [3.05, 3.63) is 41.5 Å². The van der Waals surface area contributed by atoms with E-state index in [1.165, 1.54) is 6.07 Å². The Bertz CT molecular complexity index is 716. The third-order valence-electron chi connectivity index (χ3n) is 2.74. The quantitative estimate of drug-likeness (QED) is 0.751. The van der Waals surface area contributed by atoms with Gasteiger partial charge in [-0.25, -0.2) is 9.37 Å². The van der Waals surface area contributed by atoms with Gasteiger partial charge >= 0.3 is 0 Å². The first kappa shape index (κ1) is 10.8. The first-order valence-corrected chi connectivity index (χ1v) is 5.47. The Hall–Kier alpha value is -2.37. The molecule has 0 saturated carbocycles. The van der Waals surface area contributed by atoms with Gasteiger partial charge < -0.3 is 14.8 Å². The molecule has 6 heteroatoms. The summed E-state index contributed by atoms with van der Waals surface area (Å²) in [6, 6.07) is 6.49. The zero-order chi connectivity index (χ0) is 12.7. The number of anilines is 1. The standard InChI is InChI=1S/C12H11FN4O/c1-7-5-8(18-16-7)6-17-11-9(13)3-2-4-10(11)15-12(17)14/h2-5H,6H2,1H3,(H2,14,15). The fourth-order valence-electron chi connectivity index (χ4n) is 1.97. The molecule has 0 bridgehead atoms. The third-order valence-corrected chi connectivity index (χ3v) is 2.74. The second kappa shape index (κ2) is 3.83. The Morgan fingerprint density at radius 1 is 1.44 bits per heavy atom. The molecule has 0 fully saturated rings. The van der Waals surface area contributed by atoms with Gasteiger partial charge in [-0.2, -0.15) is 0 Å². The van der Waals surface area contributed by atoms with Crippen molar-refractivity contribution in [1.29, 1.82) is 0 Å². The van der Waals surface area contributed by atoms with Crippen molar-refractivity contribution in [3.63, 3.8) is 0 Å². The van der Waals surface area contributed by atoms with Gasteiger partial charge in [0.05, 0.1) is 17.8 Å². The molecule has 5 nitrogen and oxygen atoms in total. The molecule has 1 aromatic carbocycles.